The van der Waals surface area contributed by atoms with Gasteiger partial charge in [-0.25, -0.2) is 4.98 Å². The summed E-state index contributed by atoms with van der Waals surface area (Å²) in [5.74, 6) is 0.0249. The number of nitrogens with zero attached hydrogens (tertiary/aromatic N) is 3. The zero-order valence-corrected chi connectivity index (χ0v) is 14.1. The molecule has 0 bridgehead atoms. The molecule has 1 fully saturated rings. The van der Waals surface area contributed by atoms with E-state index in [0.29, 0.717) is 5.69 Å². The fourth-order valence-electron chi connectivity index (χ4n) is 3.16. The zero-order valence-electron chi connectivity index (χ0n) is 14.1. The summed E-state index contributed by atoms with van der Waals surface area (Å²) >= 11 is 0. The Labute approximate surface area is 135 Å². The number of likely N-dealkylation sites (tertiary alicyclic amines) is 1. The number of benzene rings is 1. The van der Waals surface area contributed by atoms with Gasteiger partial charge in [0.05, 0.1) is 11.0 Å². The van der Waals surface area contributed by atoms with E-state index in [2.05, 4.69) is 4.98 Å². The molecule has 5 heteroatoms. The first-order valence-electron chi connectivity index (χ1n) is 8.23. The summed E-state index contributed by atoms with van der Waals surface area (Å²) < 4.78 is 1.58. The van der Waals surface area contributed by atoms with E-state index in [0.717, 1.165) is 48.1 Å². The first-order chi connectivity index (χ1) is 11.0. The van der Waals surface area contributed by atoms with Gasteiger partial charge in [-0.15, -0.1) is 0 Å². The second-order valence-electron chi connectivity index (χ2n) is 6.46. The van der Waals surface area contributed by atoms with Gasteiger partial charge < -0.3 is 4.90 Å². The van der Waals surface area contributed by atoms with Crippen LogP contribution < -0.4 is 5.56 Å². The highest BCUT2D eigenvalue weighted by atomic mass is 16.2. The SMILES string of the molecule is Cc1cc2nc(C)c(=O)n(CC(=O)N3CCCCC3)c2cc1C. The van der Waals surface area contributed by atoms with Gasteiger partial charge in [0.15, 0.2) is 0 Å². The molecule has 0 unspecified atom stereocenters. The van der Waals surface area contributed by atoms with E-state index in [9.17, 15) is 9.59 Å². The molecule has 1 aliphatic heterocycles. The summed E-state index contributed by atoms with van der Waals surface area (Å²) in [6.07, 6.45) is 3.28. The standard InChI is InChI=1S/C18H23N3O2/c1-12-9-15-16(10-13(12)2)21(18(23)14(3)19-15)11-17(22)20-7-5-4-6-8-20/h9-10H,4-8,11H2,1-3H3. The third-order valence-electron chi connectivity index (χ3n) is 4.73. The predicted octanol–water partition coefficient (Wildman–Crippen LogP) is 2.33. The van der Waals surface area contributed by atoms with Crippen molar-refractivity contribution in [2.45, 2.75) is 46.6 Å². The Morgan fingerprint density at radius 3 is 2.43 bits per heavy atom. The Kier molecular flexibility index (Phi) is 4.20. The van der Waals surface area contributed by atoms with Gasteiger partial charge in [-0.05, 0) is 63.3 Å². The molecule has 0 atom stereocenters. The number of hydrogen-bond acceptors (Lipinski definition) is 3. The molecular formula is C18H23N3O2. The Bertz CT molecular complexity index is 817. The van der Waals surface area contributed by atoms with Crippen LogP contribution in [-0.4, -0.2) is 33.4 Å². The summed E-state index contributed by atoms with van der Waals surface area (Å²) in [7, 11) is 0. The molecule has 3 rings (SSSR count). The van der Waals surface area contributed by atoms with Crippen LogP contribution in [0.15, 0.2) is 16.9 Å². The summed E-state index contributed by atoms with van der Waals surface area (Å²) in [5, 5.41) is 0. The van der Waals surface area contributed by atoms with Crippen LogP contribution in [0.3, 0.4) is 0 Å². The van der Waals surface area contributed by atoms with Gasteiger partial charge in [-0.1, -0.05) is 0 Å². The lowest BCUT2D eigenvalue weighted by atomic mass is 10.1. The lowest BCUT2D eigenvalue weighted by molar-refractivity contribution is -0.132. The number of aromatic nitrogens is 2. The minimum atomic E-state index is -0.175. The Morgan fingerprint density at radius 1 is 1.09 bits per heavy atom. The molecule has 2 heterocycles. The molecule has 1 aliphatic rings. The molecule has 5 nitrogen and oxygen atoms in total. The molecule has 0 radical (unpaired) electrons. The van der Waals surface area contributed by atoms with Gasteiger partial charge in [0, 0.05) is 13.1 Å². The summed E-state index contributed by atoms with van der Waals surface area (Å²) in [6, 6.07) is 3.95. The maximum absolute atomic E-state index is 12.6. The van der Waals surface area contributed by atoms with Crippen molar-refractivity contribution >= 4 is 16.9 Å². The summed E-state index contributed by atoms with van der Waals surface area (Å²) in [4.78, 5) is 31.4. The Hall–Kier alpha value is -2.17. The highest BCUT2D eigenvalue weighted by Gasteiger charge is 2.19. The lowest BCUT2D eigenvalue weighted by Crippen LogP contribution is -2.40. The molecule has 1 amide bonds. The van der Waals surface area contributed by atoms with E-state index in [4.69, 9.17) is 0 Å². The second kappa shape index (κ2) is 6.14. The number of carbonyl (C=O) groups excluding carboxylic acids is 1. The normalized spacial score (nSPS) is 15.2. The number of rotatable bonds is 2. The average Bonchev–Trinajstić information content (AvgIpc) is 2.54. The molecule has 122 valence electrons. The first kappa shape index (κ1) is 15.7. The first-order valence-corrected chi connectivity index (χ1v) is 8.23. The molecule has 1 aromatic carbocycles. The summed E-state index contributed by atoms with van der Waals surface area (Å²) in [6.45, 7) is 7.44. The van der Waals surface area contributed by atoms with Gasteiger partial charge in [0.2, 0.25) is 5.91 Å². The Morgan fingerprint density at radius 2 is 1.74 bits per heavy atom. The van der Waals surface area contributed by atoms with Gasteiger partial charge >= 0.3 is 0 Å². The number of carbonyl (C=O) groups is 1. The zero-order chi connectivity index (χ0) is 16.6. The molecule has 0 saturated carbocycles. The number of hydrogen-bond donors (Lipinski definition) is 0. The maximum atomic E-state index is 12.6. The van der Waals surface area contributed by atoms with E-state index in [1.807, 2.05) is 30.9 Å². The average molecular weight is 313 g/mol. The molecule has 2 aromatic rings. The summed E-state index contributed by atoms with van der Waals surface area (Å²) in [5.41, 5.74) is 4.02. The van der Waals surface area contributed by atoms with Crippen molar-refractivity contribution in [1.29, 1.82) is 0 Å². The van der Waals surface area contributed by atoms with E-state index in [-0.39, 0.29) is 18.0 Å². The fraction of sp³-hybridized carbons (Fsp3) is 0.500. The van der Waals surface area contributed by atoms with Crippen molar-refractivity contribution in [2.24, 2.45) is 0 Å². The van der Waals surface area contributed by atoms with Crippen molar-refractivity contribution in [2.75, 3.05) is 13.1 Å². The second-order valence-corrected chi connectivity index (χ2v) is 6.46. The number of piperidine rings is 1. The Balaban J connectivity index is 2.04. The van der Waals surface area contributed by atoms with E-state index < -0.39 is 0 Å². The van der Waals surface area contributed by atoms with Gasteiger partial charge in [-0.3, -0.25) is 14.2 Å². The monoisotopic (exact) mass is 313 g/mol. The van der Waals surface area contributed by atoms with Crippen molar-refractivity contribution in [3.63, 3.8) is 0 Å². The molecule has 23 heavy (non-hydrogen) atoms. The van der Waals surface area contributed by atoms with Gasteiger partial charge in [0.1, 0.15) is 12.2 Å². The van der Waals surface area contributed by atoms with Crippen LogP contribution in [0, 0.1) is 20.8 Å². The smallest absolute Gasteiger partial charge is 0.272 e. The quantitative estimate of drug-likeness (QED) is 0.855. The highest BCUT2D eigenvalue weighted by molar-refractivity contribution is 5.81. The van der Waals surface area contributed by atoms with Crippen molar-refractivity contribution in [3.8, 4) is 0 Å². The highest BCUT2D eigenvalue weighted by Crippen LogP contribution is 2.17. The van der Waals surface area contributed by atoms with Crippen LogP contribution in [0.1, 0.15) is 36.1 Å². The van der Waals surface area contributed by atoms with Crippen molar-refractivity contribution in [3.05, 3.63) is 39.3 Å². The largest absolute Gasteiger partial charge is 0.341 e. The molecule has 0 aliphatic carbocycles. The predicted molar refractivity (Wildman–Crippen MR) is 90.6 cm³/mol. The maximum Gasteiger partial charge on any atom is 0.272 e. The third kappa shape index (κ3) is 3.00. The number of aryl methyl sites for hydroxylation is 3. The van der Waals surface area contributed by atoms with E-state index >= 15 is 0 Å². The topological polar surface area (TPSA) is 55.2 Å². The fourth-order valence-corrected chi connectivity index (χ4v) is 3.16. The minimum absolute atomic E-state index is 0.0249. The van der Waals surface area contributed by atoms with E-state index in [1.165, 1.54) is 6.42 Å². The van der Waals surface area contributed by atoms with Crippen molar-refractivity contribution in [1.82, 2.24) is 14.5 Å². The lowest BCUT2D eigenvalue weighted by Gasteiger charge is -2.27. The van der Waals surface area contributed by atoms with Gasteiger partial charge in [0.25, 0.3) is 5.56 Å². The van der Waals surface area contributed by atoms with Crippen LogP contribution in [0.25, 0.3) is 11.0 Å². The molecule has 1 saturated heterocycles. The van der Waals surface area contributed by atoms with Gasteiger partial charge in [-0.2, -0.15) is 0 Å². The van der Waals surface area contributed by atoms with E-state index in [1.54, 1.807) is 11.5 Å². The third-order valence-corrected chi connectivity index (χ3v) is 4.73. The van der Waals surface area contributed by atoms with Crippen LogP contribution >= 0.6 is 0 Å². The van der Waals surface area contributed by atoms with Crippen LogP contribution in [0.5, 0.6) is 0 Å². The molecule has 0 spiro atoms. The van der Waals surface area contributed by atoms with Crippen LogP contribution in [0.4, 0.5) is 0 Å². The molecule has 0 N–H and O–H groups in total. The minimum Gasteiger partial charge on any atom is -0.341 e. The number of fused-ring (bicyclic) bond motifs is 1. The molecular weight excluding hydrogens is 290 g/mol. The molecule has 1 aromatic heterocycles. The van der Waals surface area contributed by atoms with Crippen LogP contribution in [0.2, 0.25) is 0 Å². The van der Waals surface area contributed by atoms with Crippen molar-refractivity contribution < 1.29 is 4.79 Å². The van der Waals surface area contributed by atoms with Crippen LogP contribution in [-0.2, 0) is 11.3 Å². The number of amides is 1.